The molecule has 218 valence electrons. The van der Waals surface area contributed by atoms with Gasteiger partial charge in [-0.3, -0.25) is 24.0 Å². The number of hydrogen-bond acceptors (Lipinski definition) is 6. The Hall–Kier alpha value is -3.96. The number of carbonyl (C=O) groups excluding carboxylic acids is 2. The summed E-state index contributed by atoms with van der Waals surface area (Å²) in [6.45, 7) is 4.53. The Morgan fingerprint density at radius 2 is 1.63 bits per heavy atom. The second-order valence-electron chi connectivity index (χ2n) is 10.0. The molecule has 0 aliphatic rings. The molecule has 0 aromatic heterocycles. The van der Waals surface area contributed by atoms with Crippen LogP contribution in [0.5, 0.6) is 0 Å². The van der Waals surface area contributed by atoms with Crippen molar-refractivity contribution in [3.05, 3.63) is 105 Å². The summed E-state index contributed by atoms with van der Waals surface area (Å²) in [4.78, 5) is 39.8. The maximum atomic E-state index is 14.1. The fourth-order valence-electron chi connectivity index (χ4n) is 4.30. The monoisotopic (exact) mass is 600 g/mol. The highest BCUT2D eigenvalue weighted by atomic mass is 35.5. The Bertz CT molecular complexity index is 1500. The van der Waals surface area contributed by atoms with Crippen molar-refractivity contribution in [2.24, 2.45) is 0 Å². The van der Waals surface area contributed by atoms with Gasteiger partial charge in [0, 0.05) is 36.2 Å². The van der Waals surface area contributed by atoms with Gasteiger partial charge in [-0.2, -0.15) is 0 Å². The van der Waals surface area contributed by atoms with Crippen LogP contribution in [-0.4, -0.2) is 54.9 Å². The SMILES string of the molecule is Cc1ccc([N+](=O)[O-])cc1N(CC(=O)N(Cc1ccc(Cl)cc1)[C@@H](Cc1ccccc1)C(=O)NC(C)C)S(C)(=O)=O. The maximum absolute atomic E-state index is 14.1. The van der Waals surface area contributed by atoms with Gasteiger partial charge in [-0.05, 0) is 49.6 Å². The maximum Gasteiger partial charge on any atom is 0.271 e. The van der Waals surface area contributed by atoms with E-state index in [1.54, 1.807) is 45.0 Å². The van der Waals surface area contributed by atoms with Gasteiger partial charge in [-0.15, -0.1) is 0 Å². The first-order valence-electron chi connectivity index (χ1n) is 12.9. The van der Waals surface area contributed by atoms with Gasteiger partial charge in [0.2, 0.25) is 21.8 Å². The lowest BCUT2D eigenvalue weighted by atomic mass is 10.0. The van der Waals surface area contributed by atoms with Crippen molar-refractivity contribution in [1.29, 1.82) is 0 Å². The third kappa shape index (κ3) is 8.76. The Labute approximate surface area is 245 Å². The predicted molar refractivity (Wildman–Crippen MR) is 159 cm³/mol. The van der Waals surface area contributed by atoms with E-state index in [4.69, 9.17) is 11.6 Å². The molecule has 0 aliphatic carbocycles. The highest BCUT2D eigenvalue weighted by Crippen LogP contribution is 2.28. The second kappa shape index (κ2) is 13.6. The van der Waals surface area contributed by atoms with Gasteiger partial charge in [0.15, 0.2) is 0 Å². The molecule has 0 fully saturated rings. The molecule has 0 aliphatic heterocycles. The lowest BCUT2D eigenvalue weighted by Crippen LogP contribution is -2.54. The molecular weight excluding hydrogens is 568 g/mol. The van der Waals surface area contributed by atoms with Gasteiger partial charge in [-0.25, -0.2) is 8.42 Å². The summed E-state index contributed by atoms with van der Waals surface area (Å²) < 4.78 is 26.7. The molecular formula is C29H33ClN4O6S. The number of rotatable bonds is 12. The van der Waals surface area contributed by atoms with Crippen molar-refractivity contribution < 1.29 is 22.9 Å². The topological polar surface area (TPSA) is 130 Å². The molecule has 0 saturated carbocycles. The van der Waals surface area contributed by atoms with E-state index in [9.17, 15) is 28.1 Å². The third-order valence-electron chi connectivity index (χ3n) is 6.32. The molecule has 12 heteroatoms. The molecule has 1 atom stereocenters. The Kier molecular flexibility index (Phi) is 10.5. The van der Waals surface area contributed by atoms with E-state index in [1.807, 2.05) is 30.3 Å². The molecule has 0 saturated heterocycles. The lowest BCUT2D eigenvalue weighted by molar-refractivity contribution is -0.384. The Balaban J connectivity index is 2.10. The Morgan fingerprint density at radius 3 is 2.20 bits per heavy atom. The number of nitro benzene ring substituents is 1. The molecule has 0 unspecified atom stereocenters. The van der Waals surface area contributed by atoms with Gasteiger partial charge < -0.3 is 10.2 Å². The van der Waals surface area contributed by atoms with Crippen molar-refractivity contribution in [2.75, 3.05) is 17.1 Å². The summed E-state index contributed by atoms with van der Waals surface area (Å²) in [6, 6.07) is 18.6. The molecule has 3 aromatic carbocycles. The van der Waals surface area contributed by atoms with Crippen LogP contribution in [0, 0.1) is 17.0 Å². The Morgan fingerprint density at radius 1 is 1.00 bits per heavy atom. The number of anilines is 1. The van der Waals surface area contributed by atoms with E-state index in [1.165, 1.54) is 17.0 Å². The second-order valence-corrected chi connectivity index (χ2v) is 12.4. The quantitative estimate of drug-likeness (QED) is 0.241. The minimum Gasteiger partial charge on any atom is -0.352 e. The summed E-state index contributed by atoms with van der Waals surface area (Å²) in [7, 11) is -4.07. The zero-order valence-corrected chi connectivity index (χ0v) is 24.9. The number of benzene rings is 3. The standard InChI is InChI=1S/C29H33ClN4O6S/c1-20(2)31-29(36)27(16-22-8-6-5-7-9-22)32(18-23-11-13-24(30)14-12-23)28(35)19-33(41(4,39)40)26-17-25(34(37)38)15-10-21(26)3/h5-15,17,20,27H,16,18-19H2,1-4H3,(H,31,36)/t27-/m0/s1. The van der Waals surface area contributed by atoms with Crippen LogP contribution in [-0.2, 0) is 32.6 Å². The largest absolute Gasteiger partial charge is 0.352 e. The van der Waals surface area contributed by atoms with E-state index >= 15 is 0 Å². The summed E-state index contributed by atoms with van der Waals surface area (Å²) in [5.41, 5.74) is 1.60. The molecule has 0 heterocycles. The molecule has 0 spiro atoms. The van der Waals surface area contributed by atoms with E-state index in [2.05, 4.69) is 5.32 Å². The first-order valence-corrected chi connectivity index (χ1v) is 15.1. The van der Waals surface area contributed by atoms with Gasteiger partial charge >= 0.3 is 0 Å². The highest BCUT2D eigenvalue weighted by Gasteiger charge is 2.34. The van der Waals surface area contributed by atoms with Crippen LogP contribution in [0.1, 0.15) is 30.5 Å². The van der Waals surface area contributed by atoms with Crippen LogP contribution < -0.4 is 9.62 Å². The smallest absolute Gasteiger partial charge is 0.271 e. The fourth-order valence-corrected chi connectivity index (χ4v) is 5.32. The zero-order chi connectivity index (χ0) is 30.3. The zero-order valence-electron chi connectivity index (χ0n) is 23.3. The number of amides is 2. The van der Waals surface area contributed by atoms with Crippen LogP contribution in [0.3, 0.4) is 0 Å². The fraction of sp³-hybridized carbons (Fsp3) is 0.310. The first kappa shape index (κ1) is 31.6. The third-order valence-corrected chi connectivity index (χ3v) is 7.70. The molecule has 1 N–H and O–H groups in total. The van der Waals surface area contributed by atoms with E-state index in [0.717, 1.165) is 22.2 Å². The minimum absolute atomic E-state index is 0.00716. The summed E-state index contributed by atoms with van der Waals surface area (Å²) in [5.74, 6) is -1.06. The number of nitro groups is 1. The number of aryl methyl sites for hydroxylation is 1. The van der Waals surface area contributed by atoms with Crippen molar-refractivity contribution in [2.45, 2.75) is 45.8 Å². The normalized spacial score (nSPS) is 12.0. The van der Waals surface area contributed by atoms with E-state index in [-0.39, 0.29) is 30.4 Å². The molecule has 3 rings (SSSR count). The summed E-state index contributed by atoms with van der Waals surface area (Å²) >= 11 is 6.06. The summed E-state index contributed by atoms with van der Waals surface area (Å²) in [5, 5.41) is 14.8. The number of sulfonamides is 1. The summed E-state index contributed by atoms with van der Waals surface area (Å²) in [6.07, 6.45) is 1.10. The van der Waals surface area contributed by atoms with Gasteiger partial charge in [0.25, 0.3) is 5.69 Å². The number of non-ortho nitro benzene ring substituents is 1. The van der Waals surface area contributed by atoms with E-state index < -0.39 is 39.3 Å². The van der Waals surface area contributed by atoms with Crippen molar-refractivity contribution in [1.82, 2.24) is 10.2 Å². The van der Waals surface area contributed by atoms with Gasteiger partial charge in [-0.1, -0.05) is 60.1 Å². The number of nitrogens with one attached hydrogen (secondary N) is 1. The molecule has 41 heavy (non-hydrogen) atoms. The van der Waals surface area contributed by atoms with Gasteiger partial charge in [0.1, 0.15) is 12.6 Å². The number of hydrogen-bond donors (Lipinski definition) is 1. The van der Waals surface area contributed by atoms with Crippen molar-refractivity contribution >= 4 is 44.8 Å². The number of nitrogens with zero attached hydrogens (tertiary/aromatic N) is 3. The van der Waals surface area contributed by atoms with Crippen LogP contribution in [0.25, 0.3) is 0 Å². The predicted octanol–water partition coefficient (Wildman–Crippen LogP) is 4.49. The van der Waals surface area contributed by atoms with Gasteiger partial charge in [0.05, 0.1) is 16.9 Å². The van der Waals surface area contributed by atoms with Crippen LogP contribution >= 0.6 is 11.6 Å². The average molecular weight is 601 g/mol. The van der Waals surface area contributed by atoms with Crippen LogP contribution in [0.15, 0.2) is 72.8 Å². The molecule has 2 amide bonds. The van der Waals surface area contributed by atoms with Crippen LogP contribution in [0.2, 0.25) is 5.02 Å². The molecule has 3 aromatic rings. The number of carbonyl (C=O) groups is 2. The molecule has 0 radical (unpaired) electrons. The van der Waals surface area contributed by atoms with Crippen molar-refractivity contribution in [3.63, 3.8) is 0 Å². The highest BCUT2D eigenvalue weighted by molar-refractivity contribution is 7.92. The van der Waals surface area contributed by atoms with Crippen molar-refractivity contribution in [3.8, 4) is 0 Å². The molecule has 10 nitrogen and oxygen atoms in total. The first-order chi connectivity index (χ1) is 19.3. The lowest BCUT2D eigenvalue weighted by Gasteiger charge is -2.34. The minimum atomic E-state index is -4.07. The average Bonchev–Trinajstić information content (AvgIpc) is 2.90. The number of halogens is 1. The van der Waals surface area contributed by atoms with Crippen LogP contribution in [0.4, 0.5) is 11.4 Å². The molecule has 0 bridgehead atoms. The van der Waals surface area contributed by atoms with E-state index in [0.29, 0.717) is 16.1 Å².